The molecule has 4 rings (SSSR count). The molecule has 0 saturated carbocycles. The van der Waals surface area contributed by atoms with Crippen molar-refractivity contribution in [2.24, 2.45) is 5.92 Å². The monoisotopic (exact) mass is 362 g/mol. The van der Waals surface area contributed by atoms with Crippen molar-refractivity contribution >= 4 is 22.9 Å². The highest BCUT2D eigenvalue weighted by Gasteiger charge is 2.27. The summed E-state index contributed by atoms with van der Waals surface area (Å²) in [6.45, 7) is 6.37. The van der Waals surface area contributed by atoms with E-state index in [0.717, 1.165) is 41.9 Å². The number of aryl methyl sites for hydroxylation is 2. The lowest BCUT2D eigenvalue weighted by Crippen LogP contribution is -2.43. The number of H-pyrrole nitrogens is 1. The second-order valence-electron chi connectivity index (χ2n) is 7.57. The van der Waals surface area contributed by atoms with Gasteiger partial charge in [-0.25, -0.2) is 4.98 Å². The van der Waals surface area contributed by atoms with E-state index in [2.05, 4.69) is 65.4 Å². The van der Waals surface area contributed by atoms with Crippen LogP contribution in [0.3, 0.4) is 0 Å². The van der Waals surface area contributed by atoms with Crippen LogP contribution < -0.4 is 10.2 Å². The van der Waals surface area contributed by atoms with Crippen LogP contribution in [0.15, 0.2) is 42.5 Å². The van der Waals surface area contributed by atoms with Crippen molar-refractivity contribution in [3.8, 4) is 0 Å². The minimum absolute atomic E-state index is 0.000790. The van der Waals surface area contributed by atoms with Gasteiger partial charge in [0.25, 0.3) is 0 Å². The topological polar surface area (TPSA) is 61.0 Å². The molecule has 1 aliphatic rings. The highest BCUT2D eigenvalue weighted by atomic mass is 16.1. The van der Waals surface area contributed by atoms with Crippen molar-refractivity contribution in [3.63, 3.8) is 0 Å². The number of imidazole rings is 1. The first kappa shape index (κ1) is 17.6. The van der Waals surface area contributed by atoms with Crippen molar-refractivity contribution in [1.29, 1.82) is 0 Å². The fourth-order valence-corrected chi connectivity index (χ4v) is 3.68. The predicted molar refractivity (Wildman–Crippen MR) is 109 cm³/mol. The molecule has 1 fully saturated rings. The summed E-state index contributed by atoms with van der Waals surface area (Å²) in [6, 6.07) is 14.5. The second-order valence-corrected chi connectivity index (χ2v) is 7.57. The number of amides is 1. The Hall–Kier alpha value is -2.82. The van der Waals surface area contributed by atoms with Gasteiger partial charge in [0.1, 0.15) is 0 Å². The summed E-state index contributed by atoms with van der Waals surface area (Å²) in [4.78, 5) is 23.0. The summed E-state index contributed by atoms with van der Waals surface area (Å²) in [7, 11) is 0. The van der Waals surface area contributed by atoms with E-state index in [1.54, 1.807) is 0 Å². The van der Waals surface area contributed by atoms with Crippen LogP contribution >= 0.6 is 0 Å². The normalized spacial score (nSPS) is 17.3. The molecule has 2 heterocycles. The molecule has 3 aromatic rings. The molecule has 2 N–H and O–H groups in total. The molecule has 1 saturated heterocycles. The van der Waals surface area contributed by atoms with Crippen LogP contribution in [-0.2, 0) is 11.3 Å². The van der Waals surface area contributed by atoms with Crippen LogP contribution in [0.25, 0.3) is 11.0 Å². The van der Waals surface area contributed by atoms with Gasteiger partial charge in [0.05, 0.1) is 17.0 Å². The molecule has 140 valence electrons. The molecular formula is C22H26N4O. The van der Waals surface area contributed by atoms with Crippen LogP contribution in [0.2, 0.25) is 0 Å². The maximum atomic E-state index is 12.7. The summed E-state index contributed by atoms with van der Waals surface area (Å²) in [6.07, 6.45) is 1.92. The van der Waals surface area contributed by atoms with E-state index in [1.165, 1.54) is 11.1 Å². The van der Waals surface area contributed by atoms with Gasteiger partial charge in [0.2, 0.25) is 11.9 Å². The molecular weight excluding hydrogens is 336 g/mol. The number of hydrogen-bond acceptors (Lipinski definition) is 3. The van der Waals surface area contributed by atoms with E-state index < -0.39 is 0 Å². The lowest BCUT2D eigenvalue weighted by molar-refractivity contribution is -0.125. The third kappa shape index (κ3) is 3.97. The van der Waals surface area contributed by atoms with Gasteiger partial charge >= 0.3 is 0 Å². The number of rotatable bonds is 4. The zero-order chi connectivity index (χ0) is 18.8. The Morgan fingerprint density at radius 1 is 1.19 bits per heavy atom. The Kier molecular flexibility index (Phi) is 4.84. The first-order valence-electron chi connectivity index (χ1n) is 9.63. The van der Waals surface area contributed by atoms with Crippen molar-refractivity contribution in [2.45, 2.75) is 33.2 Å². The molecule has 0 radical (unpaired) electrons. The van der Waals surface area contributed by atoms with Gasteiger partial charge in [0, 0.05) is 19.6 Å². The summed E-state index contributed by atoms with van der Waals surface area (Å²) in [5, 5.41) is 3.10. The quantitative estimate of drug-likeness (QED) is 0.744. The summed E-state index contributed by atoms with van der Waals surface area (Å²) >= 11 is 0. The maximum absolute atomic E-state index is 12.7. The number of nitrogens with zero attached hydrogens (tertiary/aromatic N) is 2. The first-order valence-corrected chi connectivity index (χ1v) is 9.63. The van der Waals surface area contributed by atoms with E-state index >= 15 is 0 Å². The number of fused-ring (bicyclic) bond motifs is 1. The molecule has 1 atom stereocenters. The zero-order valence-corrected chi connectivity index (χ0v) is 16.0. The number of hydrogen-bond donors (Lipinski definition) is 2. The third-order valence-corrected chi connectivity index (χ3v) is 5.30. The molecule has 0 spiro atoms. The SMILES string of the molecule is Cc1ccc(CNC(=O)[C@H]2CCCN(c3nc4ccc(C)cc4[nH]3)C2)cc1. The Labute approximate surface area is 159 Å². The number of anilines is 1. The average Bonchev–Trinajstić information content (AvgIpc) is 3.10. The van der Waals surface area contributed by atoms with E-state index in [1.807, 2.05) is 6.07 Å². The first-order chi connectivity index (χ1) is 13.1. The number of carbonyl (C=O) groups is 1. The minimum atomic E-state index is -0.000790. The Bertz CT molecular complexity index is 945. The minimum Gasteiger partial charge on any atom is -0.352 e. The van der Waals surface area contributed by atoms with Crippen LogP contribution in [0.4, 0.5) is 5.95 Å². The largest absolute Gasteiger partial charge is 0.352 e. The Morgan fingerprint density at radius 2 is 1.96 bits per heavy atom. The molecule has 27 heavy (non-hydrogen) atoms. The van der Waals surface area contributed by atoms with Crippen LogP contribution in [0.1, 0.15) is 29.5 Å². The molecule has 2 aromatic carbocycles. The number of aromatic nitrogens is 2. The number of benzene rings is 2. The van der Waals surface area contributed by atoms with Crippen LogP contribution in [0, 0.1) is 19.8 Å². The maximum Gasteiger partial charge on any atom is 0.225 e. The van der Waals surface area contributed by atoms with Crippen molar-refractivity contribution in [3.05, 3.63) is 59.2 Å². The number of aromatic amines is 1. The smallest absolute Gasteiger partial charge is 0.225 e. The fraction of sp³-hybridized carbons (Fsp3) is 0.364. The average molecular weight is 362 g/mol. The molecule has 1 aliphatic heterocycles. The number of piperidine rings is 1. The van der Waals surface area contributed by atoms with Crippen LogP contribution in [0.5, 0.6) is 0 Å². The summed E-state index contributed by atoms with van der Waals surface area (Å²) in [5.41, 5.74) is 5.60. The van der Waals surface area contributed by atoms with Gasteiger partial charge in [-0.15, -0.1) is 0 Å². The second kappa shape index (κ2) is 7.43. The molecule has 0 unspecified atom stereocenters. The molecule has 0 bridgehead atoms. The lowest BCUT2D eigenvalue weighted by Gasteiger charge is -2.31. The predicted octanol–water partition coefficient (Wildman–Crippen LogP) is 3.71. The highest BCUT2D eigenvalue weighted by molar-refractivity contribution is 5.80. The number of carbonyl (C=O) groups excluding carboxylic acids is 1. The molecule has 5 nitrogen and oxygen atoms in total. The lowest BCUT2D eigenvalue weighted by atomic mass is 9.97. The fourth-order valence-electron chi connectivity index (χ4n) is 3.68. The van der Waals surface area contributed by atoms with Crippen molar-refractivity contribution < 1.29 is 4.79 Å². The van der Waals surface area contributed by atoms with E-state index in [4.69, 9.17) is 4.98 Å². The van der Waals surface area contributed by atoms with E-state index in [-0.39, 0.29) is 11.8 Å². The Balaban J connectivity index is 1.40. The van der Waals surface area contributed by atoms with Crippen molar-refractivity contribution in [2.75, 3.05) is 18.0 Å². The van der Waals surface area contributed by atoms with Gasteiger partial charge in [-0.2, -0.15) is 0 Å². The Morgan fingerprint density at radius 3 is 2.78 bits per heavy atom. The van der Waals surface area contributed by atoms with Gasteiger partial charge in [-0.3, -0.25) is 4.79 Å². The van der Waals surface area contributed by atoms with Crippen LogP contribution in [-0.4, -0.2) is 29.0 Å². The third-order valence-electron chi connectivity index (χ3n) is 5.30. The van der Waals surface area contributed by atoms with Gasteiger partial charge < -0.3 is 15.2 Å². The van der Waals surface area contributed by atoms with E-state index in [9.17, 15) is 4.79 Å². The van der Waals surface area contributed by atoms with Gasteiger partial charge in [0.15, 0.2) is 0 Å². The molecule has 1 aromatic heterocycles. The molecule has 0 aliphatic carbocycles. The van der Waals surface area contributed by atoms with E-state index in [0.29, 0.717) is 13.1 Å². The summed E-state index contributed by atoms with van der Waals surface area (Å²) in [5.74, 6) is 0.998. The highest BCUT2D eigenvalue weighted by Crippen LogP contribution is 2.24. The standard InChI is InChI=1S/C22H26N4O/c1-15-5-8-17(9-6-15)13-23-21(27)18-4-3-11-26(14-18)22-24-19-10-7-16(2)12-20(19)25-22/h5-10,12,18H,3-4,11,13-14H2,1-2H3,(H,23,27)(H,24,25)/t18-/m0/s1. The molecule has 1 amide bonds. The zero-order valence-electron chi connectivity index (χ0n) is 16.0. The van der Waals surface area contributed by atoms with Gasteiger partial charge in [-0.1, -0.05) is 35.9 Å². The summed E-state index contributed by atoms with van der Waals surface area (Å²) < 4.78 is 0. The number of nitrogens with one attached hydrogen (secondary N) is 2. The van der Waals surface area contributed by atoms with Crippen molar-refractivity contribution in [1.82, 2.24) is 15.3 Å². The molecule has 5 heteroatoms. The van der Waals surface area contributed by atoms with Gasteiger partial charge in [-0.05, 0) is 49.9 Å².